The third kappa shape index (κ3) is 3.61. The normalized spacial score (nSPS) is 22.5. The fourth-order valence-corrected chi connectivity index (χ4v) is 4.04. The molecule has 2 aromatic rings. The largest absolute Gasteiger partial charge is 0.378 e. The van der Waals surface area contributed by atoms with E-state index in [-0.39, 0.29) is 0 Å². The Labute approximate surface area is 165 Å². The molecule has 0 amide bonds. The third-order valence-corrected chi connectivity index (χ3v) is 5.99. The minimum Gasteiger partial charge on any atom is -0.378 e. The minimum atomic E-state index is 0.409. The zero-order valence-electron chi connectivity index (χ0n) is 16.4. The van der Waals surface area contributed by atoms with Gasteiger partial charge in [-0.05, 0) is 25.3 Å². The van der Waals surface area contributed by atoms with Crippen molar-refractivity contribution in [2.45, 2.75) is 31.2 Å². The van der Waals surface area contributed by atoms with Gasteiger partial charge in [-0.2, -0.15) is 4.98 Å². The molecule has 5 rings (SSSR count). The van der Waals surface area contributed by atoms with Gasteiger partial charge in [0, 0.05) is 63.1 Å². The van der Waals surface area contributed by atoms with E-state index in [9.17, 15) is 0 Å². The highest BCUT2D eigenvalue weighted by Gasteiger charge is 2.30. The Hall–Kier alpha value is -2.48. The van der Waals surface area contributed by atoms with Gasteiger partial charge in [-0.15, -0.1) is 0 Å². The highest BCUT2D eigenvalue weighted by Crippen LogP contribution is 2.39. The van der Waals surface area contributed by atoms with E-state index < -0.39 is 0 Å². The monoisotopic (exact) mass is 381 g/mol. The molecule has 0 N–H and O–H groups in total. The smallest absolute Gasteiger partial charge is 0.227 e. The van der Waals surface area contributed by atoms with Crippen LogP contribution in [0.2, 0.25) is 0 Å². The molecule has 0 bridgehead atoms. The standard InChI is InChI=1S/C20H27N7O/c1-25(18-4-6-21-20(24-18)26-8-10-28-11-9-26)16-5-7-27(13-16)19-12-17(15-2-3-15)22-14-23-19/h4,6,12,14-16H,2-3,5,7-11,13H2,1H3. The van der Waals surface area contributed by atoms with Crippen LogP contribution < -0.4 is 14.7 Å². The first-order valence-electron chi connectivity index (χ1n) is 10.2. The number of nitrogens with zero attached hydrogens (tertiary/aromatic N) is 7. The quantitative estimate of drug-likeness (QED) is 0.775. The fourth-order valence-electron chi connectivity index (χ4n) is 4.04. The molecule has 1 atom stereocenters. The van der Waals surface area contributed by atoms with Crippen molar-refractivity contribution in [3.8, 4) is 0 Å². The summed E-state index contributed by atoms with van der Waals surface area (Å²) in [5.74, 6) is 3.49. The lowest BCUT2D eigenvalue weighted by Crippen LogP contribution is -2.38. The average molecular weight is 381 g/mol. The Bertz CT molecular complexity index is 822. The second-order valence-corrected chi connectivity index (χ2v) is 7.89. The van der Waals surface area contributed by atoms with Crippen LogP contribution in [0.4, 0.5) is 17.6 Å². The van der Waals surface area contributed by atoms with Crippen LogP contribution in [0.5, 0.6) is 0 Å². The van der Waals surface area contributed by atoms with Crippen LogP contribution in [-0.2, 0) is 4.74 Å². The molecule has 1 saturated carbocycles. The van der Waals surface area contributed by atoms with Crippen LogP contribution in [0.25, 0.3) is 0 Å². The maximum atomic E-state index is 5.44. The highest BCUT2D eigenvalue weighted by atomic mass is 16.5. The van der Waals surface area contributed by atoms with E-state index in [4.69, 9.17) is 9.72 Å². The zero-order valence-corrected chi connectivity index (χ0v) is 16.4. The van der Waals surface area contributed by atoms with E-state index >= 15 is 0 Å². The molecule has 2 aliphatic heterocycles. The van der Waals surface area contributed by atoms with Crippen LogP contribution in [0.1, 0.15) is 30.9 Å². The Kier molecular flexibility index (Phi) is 4.72. The average Bonchev–Trinajstić information content (AvgIpc) is 3.50. The molecule has 2 aromatic heterocycles. The van der Waals surface area contributed by atoms with Crippen molar-refractivity contribution in [2.75, 3.05) is 61.1 Å². The molecule has 1 aliphatic carbocycles. The molecular weight excluding hydrogens is 354 g/mol. The number of anilines is 3. The summed E-state index contributed by atoms with van der Waals surface area (Å²) in [7, 11) is 2.13. The van der Waals surface area contributed by atoms with Gasteiger partial charge in [0.15, 0.2) is 0 Å². The Morgan fingerprint density at radius 2 is 1.89 bits per heavy atom. The fraction of sp³-hybridized carbons (Fsp3) is 0.600. The van der Waals surface area contributed by atoms with E-state index in [0.717, 1.165) is 63.4 Å². The van der Waals surface area contributed by atoms with Crippen molar-refractivity contribution in [1.29, 1.82) is 0 Å². The van der Waals surface area contributed by atoms with E-state index in [1.807, 2.05) is 12.3 Å². The molecule has 148 valence electrons. The van der Waals surface area contributed by atoms with Crippen LogP contribution >= 0.6 is 0 Å². The van der Waals surface area contributed by atoms with Gasteiger partial charge in [-0.1, -0.05) is 0 Å². The number of hydrogen-bond donors (Lipinski definition) is 0. The molecule has 8 nitrogen and oxygen atoms in total. The number of hydrogen-bond acceptors (Lipinski definition) is 8. The lowest BCUT2D eigenvalue weighted by molar-refractivity contribution is 0.122. The Morgan fingerprint density at radius 1 is 1.04 bits per heavy atom. The van der Waals surface area contributed by atoms with E-state index in [0.29, 0.717) is 12.0 Å². The van der Waals surface area contributed by atoms with Gasteiger partial charge < -0.3 is 19.4 Å². The zero-order chi connectivity index (χ0) is 18.9. The van der Waals surface area contributed by atoms with Gasteiger partial charge in [0.1, 0.15) is 18.0 Å². The molecule has 0 radical (unpaired) electrons. The summed E-state index contributed by atoms with van der Waals surface area (Å²) >= 11 is 0. The van der Waals surface area contributed by atoms with E-state index in [1.54, 1.807) is 6.33 Å². The van der Waals surface area contributed by atoms with Crippen molar-refractivity contribution in [3.05, 3.63) is 30.4 Å². The summed E-state index contributed by atoms with van der Waals surface area (Å²) in [4.78, 5) is 25.1. The maximum absolute atomic E-state index is 5.44. The van der Waals surface area contributed by atoms with Crippen LogP contribution in [0.15, 0.2) is 24.7 Å². The first-order chi connectivity index (χ1) is 13.8. The predicted molar refractivity (Wildman–Crippen MR) is 108 cm³/mol. The van der Waals surface area contributed by atoms with Gasteiger partial charge >= 0.3 is 0 Å². The summed E-state index contributed by atoms with van der Waals surface area (Å²) in [6.45, 7) is 5.14. The molecule has 2 saturated heterocycles. The van der Waals surface area contributed by atoms with Gasteiger partial charge in [0.25, 0.3) is 0 Å². The van der Waals surface area contributed by atoms with Gasteiger partial charge in [0.2, 0.25) is 5.95 Å². The van der Waals surface area contributed by atoms with Gasteiger partial charge in [-0.25, -0.2) is 15.0 Å². The second kappa shape index (κ2) is 7.50. The van der Waals surface area contributed by atoms with Crippen molar-refractivity contribution in [1.82, 2.24) is 19.9 Å². The van der Waals surface area contributed by atoms with Crippen LogP contribution in [0.3, 0.4) is 0 Å². The Balaban J connectivity index is 1.27. The lowest BCUT2D eigenvalue weighted by atomic mass is 10.2. The molecular formula is C20H27N7O. The number of ether oxygens (including phenoxy) is 1. The van der Waals surface area contributed by atoms with Gasteiger partial charge in [0.05, 0.1) is 13.2 Å². The van der Waals surface area contributed by atoms with Crippen molar-refractivity contribution in [3.63, 3.8) is 0 Å². The van der Waals surface area contributed by atoms with E-state index in [2.05, 4.69) is 42.8 Å². The molecule has 3 fully saturated rings. The predicted octanol–water partition coefficient (Wildman–Crippen LogP) is 1.70. The summed E-state index contributed by atoms with van der Waals surface area (Å²) < 4.78 is 5.44. The van der Waals surface area contributed by atoms with Gasteiger partial charge in [-0.3, -0.25) is 0 Å². The molecule has 28 heavy (non-hydrogen) atoms. The molecule has 8 heteroatoms. The van der Waals surface area contributed by atoms with E-state index in [1.165, 1.54) is 18.5 Å². The Morgan fingerprint density at radius 3 is 2.71 bits per heavy atom. The summed E-state index contributed by atoms with van der Waals surface area (Å²) in [6, 6.07) is 4.59. The first-order valence-corrected chi connectivity index (χ1v) is 10.2. The summed E-state index contributed by atoms with van der Waals surface area (Å²) in [6.07, 6.45) is 7.21. The number of aromatic nitrogens is 4. The van der Waals surface area contributed by atoms with Crippen molar-refractivity contribution in [2.24, 2.45) is 0 Å². The maximum Gasteiger partial charge on any atom is 0.227 e. The SMILES string of the molecule is CN(c1ccnc(N2CCOCC2)n1)C1CCN(c2cc(C3CC3)ncn2)C1. The molecule has 0 aromatic carbocycles. The molecule has 3 aliphatic rings. The van der Waals surface area contributed by atoms with Crippen molar-refractivity contribution < 1.29 is 4.74 Å². The second-order valence-electron chi connectivity index (χ2n) is 7.89. The number of rotatable bonds is 5. The summed E-state index contributed by atoms with van der Waals surface area (Å²) in [5.41, 5.74) is 1.20. The topological polar surface area (TPSA) is 70.5 Å². The number of likely N-dealkylation sites (N-methyl/N-ethyl adjacent to an activating group) is 1. The number of morpholine rings is 1. The summed E-state index contributed by atoms with van der Waals surface area (Å²) in [5, 5.41) is 0. The lowest BCUT2D eigenvalue weighted by Gasteiger charge is -2.29. The molecule has 0 spiro atoms. The van der Waals surface area contributed by atoms with Crippen LogP contribution in [0, 0.1) is 0 Å². The van der Waals surface area contributed by atoms with Crippen molar-refractivity contribution >= 4 is 17.6 Å². The van der Waals surface area contributed by atoms with Crippen LogP contribution in [-0.4, -0.2) is 72.4 Å². The first kappa shape index (κ1) is 17.6. The third-order valence-electron chi connectivity index (χ3n) is 5.99. The minimum absolute atomic E-state index is 0.409. The molecule has 1 unspecified atom stereocenters. The highest BCUT2D eigenvalue weighted by molar-refractivity contribution is 5.47. The molecule has 4 heterocycles.